The molecule has 2 nitrogen and oxygen atoms in total. The molecule has 1 N–H and O–H groups in total. The number of para-hydroxylation sites is 1. The van der Waals surface area contributed by atoms with E-state index in [2.05, 4.69) is 5.32 Å². The molecule has 1 fully saturated rings. The van der Waals surface area contributed by atoms with Crippen molar-refractivity contribution in [1.29, 1.82) is 0 Å². The van der Waals surface area contributed by atoms with Gasteiger partial charge in [-0.25, -0.2) is 0 Å². The van der Waals surface area contributed by atoms with E-state index in [-0.39, 0.29) is 18.5 Å². The third kappa shape index (κ3) is 3.83. The van der Waals surface area contributed by atoms with Crippen molar-refractivity contribution in [2.24, 2.45) is 5.92 Å². The second-order valence-electron chi connectivity index (χ2n) is 4.94. The predicted molar refractivity (Wildman–Crippen MR) is 89.9 cm³/mol. The van der Waals surface area contributed by atoms with Gasteiger partial charge in [-0.15, -0.1) is 12.4 Å². The number of halogens is 3. The van der Waals surface area contributed by atoms with E-state index < -0.39 is 0 Å². The zero-order valence-corrected chi connectivity index (χ0v) is 13.6. The SMILES string of the molecule is Cl.Clc1ccc(C(Oc2ccccc2)C2CNC2)cc1Cl. The highest BCUT2D eigenvalue weighted by Crippen LogP contribution is 2.33. The highest BCUT2D eigenvalue weighted by molar-refractivity contribution is 6.42. The molecular weight excluding hydrogens is 329 g/mol. The predicted octanol–water partition coefficient (Wildman–Crippen LogP) is 4.75. The Kier molecular flexibility index (Phi) is 5.77. The smallest absolute Gasteiger partial charge is 0.129 e. The largest absolute Gasteiger partial charge is 0.485 e. The summed E-state index contributed by atoms with van der Waals surface area (Å²) in [4.78, 5) is 0. The first-order chi connectivity index (χ1) is 9.74. The Morgan fingerprint density at radius 2 is 1.71 bits per heavy atom. The zero-order valence-electron chi connectivity index (χ0n) is 11.3. The van der Waals surface area contributed by atoms with E-state index in [1.807, 2.05) is 48.5 Å². The van der Waals surface area contributed by atoms with Crippen LogP contribution in [0.15, 0.2) is 48.5 Å². The van der Waals surface area contributed by atoms with Crippen molar-refractivity contribution in [3.63, 3.8) is 0 Å². The number of hydrogen-bond donors (Lipinski definition) is 1. The molecule has 1 aliphatic heterocycles. The van der Waals surface area contributed by atoms with E-state index in [0.717, 1.165) is 24.4 Å². The molecule has 2 aromatic carbocycles. The van der Waals surface area contributed by atoms with Gasteiger partial charge in [0.05, 0.1) is 10.0 Å². The van der Waals surface area contributed by atoms with Crippen molar-refractivity contribution in [2.45, 2.75) is 6.10 Å². The van der Waals surface area contributed by atoms with E-state index in [1.54, 1.807) is 0 Å². The Hall–Kier alpha value is -0.930. The fourth-order valence-corrected chi connectivity index (χ4v) is 2.60. The minimum absolute atomic E-state index is 0. The second-order valence-corrected chi connectivity index (χ2v) is 5.76. The lowest BCUT2D eigenvalue weighted by Crippen LogP contribution is -2.46. The van der Waals surface area contributed by atoms with Crippen LogP contribution in [-0.2, 0) is 0 Å². The van der Waals surface area contributed by atoms with E-state index in [0.29, 0.717) is 16.0 Å². The Morgan fingerprint density at radius 1 is 1.00 bits per heavy atom. The molecule has 0 spiro atoms. The fraction of sp³-hybridized carbons (Fsp3) is 0.250. The average Bonchev–Trinajstić information content (AvgIpc) is 2.40. The highest BCUT2D eigenvalue weighted by atomic mass is 35.5. The van der Waals surface area contributed by atoms with Crippen molar-refractivity contribution >= 4 is 35.6 Å². The molecule has 0 aromatic heterocycles. The van der Waals surface area contributed by atoms with Crippen molar-refractivity contribution in [2.75, 3.05) is 13.1 Å². The first kappa shape index (κ1) is 16.4. The van der Waals surface area contributed by atoms with Crippen LogP contribution in [0.4, 0.5) is 0 Å². The summed E-state index contributed by atoms with van der Waals surface area (Å²) < 4.78 is 6.16. The summed E-state index contributed by atoms with van der Waals surface area (Å²) in [6.07, 6.45) is -0.00610. The van der Waals surface area contributed by atoms with Crippen LogP contribution in [0.2, 0.25) is 10.0 Å². The van der Waals surface area contributed by atoms with Gasteiger partial charge in [0, 0.05) is 19.0 Å². The minimum atomic E-state index is -0.00610. The summed E-state index contributed by atoms with van der Waals surface area (Å²) >= 11 is 12.1. The van der Waals surface area contributed by atoms with E-state index in [1.165, 1.54) is 0 Å². The van der Waals surface area contributed by atoms with Crippen molar-refractivity contribution in [3.05, 3.63) is 64.1 Å². The minimum Gasteiger partial charge on any atom is -0.485 e. The normalized spacial score (nSPS) is 15.7. The maximum absolute atomic E-state index is 6.16. The lowest BCUT2D eigenvalue weighted by molar-refractivity contribution is 0.0993. The van der Waals surface area contributed by atoms with Gasteiger partial charge in [-0.1, -0.05) is 47.5 Å². The summed E-state index contributed by atoms with van der Waals surface area (Å²) in [6.45, 7) is 1.91. The summed E-state index contributed by atoms with van der Waals surface area (Å²) in [6, 6.07) is 15.6. The third-order valence-corrected chi connectivity index (χ3v) is 4.26. The van der Waals surface area contributed by atoms with Gasteiger partial charge in [-0.2, -0.15) is 0 Å². The van der Waals surface area contributed by atoms with Crippen LogP contribution < -0.4 is 10.1 Å². The quantitative estimate of drug-likeness (QED) is 0.864. The Bertz CT molecular complexity index is 587. The molecule has 1 unspecified atom stereocenters. The summed E-state index contributed by atoms with van der Waals surface area (Å²) in [5, 5.41) is 4.42. The van der Waals surface area contributed by atoms with Crippen LogP contribution in [-0.4, -0.2) is 13.1 Å². The second kappa shape index (κ2) is 7.37. The summed E-state index contributed by atoms with van der Waals surface area (Å²) in [5.41, 5.74) is 1.06. The van der Waals surface area contributed by atoms with Gasteiger partial charge in [-0.3, -0.25) is 0 Å². The molecule has 1 heterocycles. The summed E-state index contributed by atoms with van der Waals surface area (Å²) in [5.74, 6) is 1.32. The standard InChI is InChI=1S/C16H15Cl2NO.ClH/c17-14-7-6-11(8-15(14)18)16(12-9-19-10-12)20-13-4-2-1-3-5-13;/h1-8,12,16,19H,9-10H2;1H. The van der Waals surface area contributed by atoms with Gasteiger partial charge in [0.1, 0.15) is 11.9 Å². The van der Waals surface area contributed by atoms with Crippen LogP contribution in [0.25, 0.3) is 0 Å². The van der Waals surface area contributed by atoms with Crippen molar-refractivity contribution in [1.82, 2.24) is 5.32 Å². The van der Waals surface area contributed by atoms with Gasteiger partial charge < -0.3 is 10.1 Å². The molecule has 5 heteroatoms. The van der Waals surface area contributed by atoms with Gasteiger partial charge >= 0.3 is 0 Å². The van der Waals surface area contributed by atoms with Gasteiger partial charge in [0.15, 0.2) is 0 Å². The van der Waals surface area contributed by atoms with Crippen LogP contribution in [0.5, 0.6) is 5.75 Å². The lowest BCUT2D eigenvalue weighted by atomic mass is 9.91. The number of hydrogen-bond acceptors (Lipinski definition) is 2. The molecular formula is C16H16Cl3NO. The molecule has 0 aliphatic carbocycles. The number of benzene rings is 2. The number of nitrogens with one attached hydrogen (secondary N) is 1. The highest BCUT2D eigenvalue weighted by Gasteiger charge is 2.30. The third-order valence-electron chi connectivity index (χ3n) is 3.52. The van der Waals surface area contributed by atoms with Crippen LogP contribution in [0.1, 0.15) is 11.7 Å². The topological polar surface area (TPSA) is 21.3 Å². The Labute approximate surface area is 140 Å². The molecule has 112 valence electrons. The van der Waals surface area contributed by atoms with Crippen molar-refractivity contribution < 1.29 is 4.74 Å². The molecule has 0 bridgehead atoms. The molecule has 0 radical (unpaired) electrons. The molecule has 1 saturated heterocycles. The van der Waals surface area contributed by atoms with E-state index >= 15 is 0 Å². The van der Waals surface area contributed by atoms with Crippen LogP contribution in [0.3, 0.4) is 0 Å². The van der Waals surface area contributed by atoms with E-state index in [4.69, 9.17) is 27.9 Å². The Balaban J connectivity index is 0.00000161. The van der Waals surface area contributed by atoms with Crippen molar-refractivity contribution in [3.8, 4) is 5.75 Å². The fourth-order valence-electron chi connectivity index (χ4n) is 2.30. The first-order valence-electron chi connectivity index (χ1n) is 6.61. The van der Waals surface area contributed by atoms with Gasteiger partial charge in [0.25, 0.3) is 0 Å². The Morgan fingerprint density at radius 3 is 2.29 bits per heavy atom. The monoisotopic (exact) mass is 343 g/mol. The molecule has 0 saturated carbocycles. The molecule has 2 aromatic rings. The van der Waals surface area contributed by atoms with Crippen LogP contribution in [0, 0.1) is 5.92 Å². The zero-order chi connectivity index (χ0) is 13.9. The van der Waals surface area contributed by atoms with E-state index in [9.17, 15) is 0 Å². The number of rotatable bonds is 4. The molecule has 1 atom stereocenters. The molecule has 21 heavy (non-hydrogen) atoms. The van der Waals surface area contributed by atoms with Gasteiger partial charge in [-0.05, 0) is 29.8 Å². The maximum atomic E-state index is 6.16. The molecule has 1 aliphatic rings. The average molecular weight is 345 g/mol. The van der Waals surface area contributed by atoms with Gasteiger partial charge in [0.2, 0.25) is 0 Å². The summed E-state index contributed by atoms with van der Waals surface area (Å²) in [7, 11) is 0. The lowest BCUT2D eigenvalue weighted by Gasteiger charge is -2.35. The molecule has 0 amide bonds. The molecule has 3 rings (SSSR count). The maximum Gasteiger partial charge on any atom is 0.129 e. The van der Waals surface area contributed by atoms with Crippen LogP contribution >= 0.6 is 35.6 Å². The first-order valence-corrected chi connectivity index (χ1v) is 7.37. The number of ether oxygens (including phenoxy) is 1.